The fourth-order valence-electron chi connectivity index (χ4n) is 3.16. The van der Waals surface area contributed by atoms with E-state index in [0.717, 1.165) is 5.69 Å². The molecule has 0 saturated carbocycles. The number of nitrogens with zero attached hydrogens (tertiary/aromatic N) is 2. The van der Waals surface area contributed by atoms with Crippen molar-refractivity contribution >= 4 is 21.2 Å². The molecule has 27 heavy (non-hydrogen) atoms. The second kappa shape index (κ2) is 7.67. The maximum absolute atomic E-state index is 13.4. The molecule has 2 aromatic carbocycles. The zero-order valence-corrected chi connectivity index (χ0v) is 15.4. The Balaban J connectivity index is 1.82. The molecule has 5 nitrogen and oxygen atoms in total. The molecule has 1 saturated heterocycles. The van der Waals surface area contributed by atoms with Gasteiger partial charge in [0, 0.05) is 32.2 Å². The van der Waals surface area contributed by atoms with Crippen LogP contribution in [0.1, 0.15) is 0 Å². The number of sulfone groups is 1. The number of piperazine rings is 1. The van der Waals surface area contributed by atoms with E-state index in [4.69, 9.17) is 4.74 Å². The van der Waals surface area contributed by atoms with Crippen LogP contribution in [0, 0.1) is 5.82 Å². The van der Waals surface area contributed by atoms with Crippen molar-refractivity contribution in [3.05, 3.63) is 48.3 Å². The highest BCUT2D eigenvalue weighted by Gasteiger charge is 2.31. The van der Waals surface area contributed by atoms with Crippen LogP contribution in [-0.2, 0) is 9.84 Å². The highest BCUT2D eigenvalue weighted by Crippen LogP contribution is 2.33. The first-order valence-electron chi connectivity index (χ1n) is 8.29. The lowest BCUT2D eigenvalue weighted by atomic mass is 10.2. The molecule has 146 valence electrons. The number of hydrogen-bond donors (Lipinski definition) is 0. The van der Waals surface area contributed by atoms with E-state index in [9.17, 15) is 21.6 Å². The molecule has 3 rings (SSSR count). The standard InChI is InChI=1S/C18H19F3N2O3S/c1-26-16-12-13(19)6-7-14(16)22-8-10-23(11-9-22)15-4-2-3-5-17(15)27(24,25)18(20)21/h2-7,12,18H,8-11H2,1H3. The maximum Gasteiger partial charge on any atom is 0.341 e. The van der Waals surface area contributed by atoms with E-state index in [-0.39, 0.29) is 10.6 Å². The van der Waals surface area contributed by atoms with E-state index in [1.807, 2.05) is 4.90 Å². The van der Waals surface area contributed by atoms with E-state index < -0.39 is 21.4 Å². The van der Waals surface area contributed by atoms with Crippen LogP contribution < -0.4 is 14.5 Å². The van der Waals surface area contributed by atoms with Crippen LogP contribution in [0.5, 0.6) is 5.75 Å². The fraction of sp³-hybridized carbons (Fsp3) is 0.333. The van der Waals surface area contributed by atoms with E-state index in [1.54, 1.807) is 17.0 Å². The van der Waals surface area contributed by atoms with Crippen molar-refractivity contribution in [2.75, 3.05) is 43.1 Å². The Bertz CT molecular complexity index is 914. The van der Waals surface area contributed by atoms with Gasteiger partial charge in [-0.1, -0.05) is 12.1 Å². The number of para-hydroxylation sites is 1. The van der Waals surface area contributed by atoms with Crippen molar-refractivity contribution in [1.82, 2.24) is 0 Å². The number of halogens is 3. The second-order valence-electron chi connectivity index (χ2n) is 6.06. The lowest BCUT2D eigenvalue weighted by Crippen LogP contribution is -2.47. The zero-order valence-electron chi connectivity index (χ0n) is 14.6. The molecular weight excluding hydrogens is 381 g/mol. The molecule has 1 aliphatic heterocycles. The molecule has 0 aliphatic carbocycles. The summed E-state index contributed by atoms with van der Waals surface area (Å²) in [5.41, 5.74) is 0.996. The van der Waals surface area contributed by atoms with E-state index in [0.29, 0.717) is 31.9 Å². The third kappa shape index (κ3) is 3.83. The van der Waals surface area contributed by atoms with Gasteiger partial charge in [0.2, 0.25) is 9.84 Å². The quantitative estimate of drug-likeness (QED) is 0.772. The Morgan fingerprint density at radius 3 is 2.15 bits per heavy atom. The van der Waals surface area contributed by atoms with Crippen molar-refractivity contribution in [3.63, 3.8) is 0 Å². The van der Waals surface area contributed by atoms with Gasteiger partial charge in [-0.3, -0.25) is 0 Å². The summed E-state index contributed by atoms with van der Waals surface area (Å²) < 4.78 is 68.5. The maximum atomic E-state index is 13.4. The zero-order chi connectivity index (χ0) is 19.6. The summed E-state index contributed by atoms with van der Waals surface area (Å²) in [5.74, 6) is -3.46. The second-order valence-corrected chi connectivity index (χ2v) is 7.95. The minimum absolute atomic E-state index is 0.267. The molecule has 0 atom stereocenters. The Kier molecular flexibility index (Phi) is 5.50. The van der Waals surface area contributed by atoms with E-state index in [2.05, 4.69) is 0 Å². The number of anilines is 2. The van der Waals surface area contributed by atoms with Gasteiger partial charge in [-0.05, 0) is 24.3 Å². The number of hydrogen-bond acceptors (Lipinski definition) is 5. The van der Waals surface area contributed by atoms with Crippen molar-refractivity contribution in [1.29, 1.82) is 0 Å². The van der Waals surface area contributed by atoms with Gasteiger partial charge in [-0.25, -0.2) is 12.8 Å². The predicted molar refractivity (Wildman–Crippen MR) is 97.0 cm³/mol. The summed E-state index contributed by atoms with van der Waals surface area (Å²) in [6, 6.07) is 10.0. The third-order valence-electron chi connectivity index (χ3n) is 4.51. The van der Waals surface area contributed by atoms with Crippen molar-refractivity contribution < 1.29 is 26.3 Å². The Morgan fingerprint density at radius 2 is 1.56 bits per heavy atom. The highest BCUT2D eigenvalue weighted by atomic mass is 32.2. The van der Waals surface area contributed by atoms with Gasteiger partial charge in [0.1, 0.15) is 11.6 Å². The van der Waals surface area contributed by atoms with Crippen LogP contribution >= 0.6 is 0 Å². The smallest absolute Gasteiger partial charge is 0.341 e. The minimum atomic E-state index is -4.69. The van der Waals surface area contributed by atoms with Crippen LogP contribution in [0.2, 0.25) is 0 Å². The topological polar surface area (TPSA) is 49.9 Å². The van der Waals surface area contributed by atoms with Gasteiger partial charge in [0.05, 0.1) is 23.4 Å². The van der Waals surface area contributed by atoms with Crippen molar-refractivity contribution in [3.8, 4) is 5.75 Å². The van der Waals surface area contributed by atoms with Gasteiger partial charge in [-0.15, -0.1) is 0 Å². The molecule has 0 unspecified atom stereocenters. The summed E-state index contributed by atoms with van der Waals surface area (Å²) in [4.78, 5) is 3.38. The molecule has 0 spiro atoms. The Hall–Kier alpha value is -2.42. The predicted octanol–water partition coefficient (Wildman–Crippen LogP) is 3.16. The number of alkyl halides is 2. The van der Waals surface area contributed by atoms with Gasteiger partial charge in [-0.2, -0.15) is 8.78 Å². The van der Waals surface area contributed by atoms with E-state index >= 15 is 0 Å². The van der Waals surface area contributed by atoms with Crippen molar-refractivity contribution in [2.45, 2.75) is 10.7 Å². The summed E-state index contributed by atoms with van der Waals surface area (Å²) in [7, 11) is -3.23. The van der Waals surface area contributed by atoms with Crippen LogP contribution in [0.4, 0.5) is 24.5 Å². The SMILES string of the molecule is COc1cc(F)ccc1N1CCN(c2ccccc2S(=O)(=O)C(F)F)CC1. The first kappa shape index (κ1) is 19.3. The summed E-state index contributed by atoms with van der Waals surface area (Å²) >= 11 is 0. The van der Waals surface area contributed by atoms with Gasteiger partial charge >= 0.3 is 5.76 Å². The van der Waals surface area contributed by atoms with Crippen LogP contribution in [0.15, 0.2) is 47.4 Å². The molecule has 0 amide bonds. The summed E-state index contributed by atoms with van der Waals surface area (Å²) in [6.07, 6.45) is 0. The van der Waals surface area contributed by atoms with Crippen LogP contribution in [0.3, 0.4) is 0 Å². The summed E-state index contributed by atoms with van der Waals surface area (Å²) in [5, 5.41) is 0. The lowest BCUT2D eigenvalue weighted by Gasteiger charge is -2.38. The molecule has 1 fully saturated rings. The highest BCUT2D eigenvalue weighted by molar-refractivity contribution is 7.91. The Labute approximate surface area is 155 Å². The molecule has 1 heterocycles. The molecule has 0 N–H and O–H groups in total. The molecule has 9 heteroatoms. The molecule has 0 radical (unpaired) electrons. The van der Waals surface area contributed by atoms with E-state index in [1.165, 1.54) is 37.4 Å². The van der Waals surface area contributed by atoms with Crippen molar-refractivity contribution in [2.24, 2.45) is 0 Å². The molecule has 0 aromatic heterocycles. The average molecular weight is 400 g/mol. The molecule has 0 bridgehead atoms. The van der Waals surface area contributed by atoms with Gasteiger partial charge in [0.15, 0.2) is 0 Å². The molecular formula is C18H19F3N2O3S. The number of rotatable bonds is 5. The largest absolute Gasteiger partial charge is 0.494 e. The fourth-order valence-corrected chi connectivity index (χ4v) is 4.10. The third-order valence-corrected chi connectivity index (χ3v) is 5.94. The molecule has 2 aromatic rings. The average Bonchev–Trinajstić information content (AvgIpc) is 2.68. The first-order valence-corrected chi connectivity index (χ1v) is 9.83. The number of ether oxygens (including phenoxy) is 1. The van der Waals surface area contributed by atoms with Gasteiger partial charge in [0.25, 0.3) is 0 Å². The van der Waals surface area contributed by atoms with Crippen LogP contribution in [0.25, 0.3) is 0 Å². The monoisotopic (exact) mass is 400 g/mol. The molecule has 1 aliphatic rings. The first-order chi connectivity index (χ1) is 12.8. The minimum Gasteiger partial charge on any atom is -0.494 e. The van der Waals surface area contributed by atoms with Gasteiger partial charge < -0.3 is 14.5 Å². The number of methoxy groups -OCH3 is 1. The normalized spacial score (nSPS) is 15.3. The Morgan fingerprint density at radius 1 is 0.963 bits per heavy atom. The summed E-state index contributed by atoms with van der Waals surface area (Å²) in [6.45, 7) is 1.86. The lowest BCUT2D eigenvalue weighted by molar-refractivity contribution is 0.235. The van der Waals surface area contributed by atoms with Crippen LogP contribution in [-0.4, -0.2) is 47.5 Å². The number of benzene rings is 2.